The number of carbonyl (C=O) groups is 1. The predicted molar refractivity (Wildman–Crippen MR) is 44.0 cm³/mol. The number of carbonyl (C=O) groups excluding carboxylic acids is 1. The lowest BCUT2D eigenvalue weighted by molar-refractivity contribution is -0.121. The minimum atomic E-state index is 0.144. The van der Waals surface area contributed by atoms with Crippen molar-refractivity contribution in [3.8, 4) is 0 Å². The molecule has 0 radical (unpaired) electrons. The van der Waals surface area contributed by atoms with Crippen LogP contribution in [0.4, 0.5) is 0 Å². The first kappa shape index (κ1) is 8.53. The summed E-state index contributed by atoms with van der Waals surface area (Å²) in [6.45, 7) is 2.68. The summed E-state index contributed by atoms with van der Waals surface area (Å²) in [4.78, 5) is 10.8. The molecule has 1 rings (SSSR count). The van der Waals surface area contributed by atoms with Crippen molar-refractivity contribution in [2.75, 3.05) is 6.54 Å². The maximum atomic E-state index is 10.8. The van der Waals surface area contributed by atoms with Crippen molar-refractivity contribution < 1.29 is 4.79 Å². The van der Waals surface area contributed by atoms with Crippen LogP contribution in [0, 0.1) is 5.92 Å². The van der Waals surface area contributed by atoms with Crippen LogP contribution in [0.5, 0.6) is 0 Å². The van der Waals surface area contributed by atoms with Gasteiger partial charge >= 0.3 is 0 Å². The topological polar surface area (TPSA) is 55.1 Å². The Balaban J connectivity index is 2.00. The third-order valence-electron chi connectivity index (χ3n) is 2.18. The second-order valence-electron chi connectivity index (χ2n) is 3.26. The minimum absolute atomic E-state index is 0.144. The highest BCUT2D eigenvalue weighted by Gasteiger charge is 2.25. The van der Waals surface area contributed by atoms with Crippen molar-refractivity contribution in [1.82, 2.24) is 5.32 Å². The molecule has 0 saturated heterocycles. The van der Waals surface area contributed by atoms with Gasteiger partial charge < -0.3 is 11.1 Å². The summed E-state index contributed by atoms with van der Waals surface area (Å²) >= 11 is 0. The Morgan fingerprint density at radius 3 is 2.73 bits per heavy atom. The first-order valence-corrected chi connectivity index (χ1v) is 4.24. The lowest BCUT2D eigenvalue weighted by atomic mass is 9.81. The Labute approximate surface area is 67.3 Å². The van der Waals surface area contributed by atoms with Crippen molar-refractivity contribution in [2.45, 2.75) is 32.2 Å². The van der Waals surface area contributed by atoms with Gasteiger partial charge in [-0.2, -0.15) is 0 Å². The number of rotatable bonds is 3. The summed E-state index contributed by atoms with van der Waals surface area (Å²) in [5, 5.41) is 2.86. The van der Waals surface area contributed by atoms with Crippen LogP contribution in [0.15, 0.2) is 0 Å². The summed E-state index contributed by atoms with van der Waals surface area (Å²) < 4.78 is 0. The molecule has 0 bridgehead atoms. The molecule has 1 fully saturated rings. The van der Waals surface area contributed by atoms with E-state index in [1.807, 2.05) is 6.92 Å². The van der Waals surface area contributed by atoms with Crippen molar-refractivity contribution >= 4 is 5.91 Å². The zero-order valence-electron chi connectivity index (χ0n) is 6.97. The fourth-order valence-corrected chi connectivity index (χ4v) is 1.34. The van der Waals surface area contributed by atoms with Crippen LogP contribution in [0.25, 0.3) is 0 Å². The lowest BCUT2D eigenvalue weighted by Crippen LogP contribution is -2.42. The van der Waals surface area contributed by atoms with Gasteiger partial charge in [-0.3, -0.25) is 4.79 Å². The van der Waals surface area contributed by atoms with Crippen LogP contribution in [0.2, 0.25) is 0 Å². The summed E-state index contributed by atoms with van der Waals surface area (Å²) in [7, 11) is 0. The van der Waals surface area contributed by atoms with Gasteiger partial charge in [-0.15, -0.1) is 0 Å². The minimum Gasteiger partial charge on any atom is -0.356 e. The molecule has 0 aliphatic heterocycles. The Morgan fingerprint density at radius 2 is 2.27 bits per heavy atom. The van der Waals surface area contributed by atoms with Crippen molar-refractivity contribution in [3.63, 3.8) is 0 Å². The van der Waals surface area contributed by atoms with Crippen LogP contribution < -0.4 is 11.1 Å². The molecule has 0 aromatic rings. The molecular weight excluding hydrogens is 140 g/mol. The van der Waals surface area contributed by atoms with Crippen LogP contribution in [-0.2, 0) is 4.79 Å². The van der Waals surface area contributed by atoms with E-state index in [9.17, 15) is 4.79 Å². The Kier molecular flexibility index (Phi) is 2.88. The van der Waals surface area contributed by atoms with E-state index in [0.29, 0.717) is 18.4 Å². The summed E-state index contributed by atoms with van der Waals surface area (Å²) in [5.41, 5.74) is 5.60. The number of hydrogen-bond donors (Lipinski definition) is 2. The second-order valence-corrected chi connectivity index (χ2v) is 3.26. The van der Waals surface area contributed by atoms with Gasteiger partial charge in [-0.05, 0) is 18.8 Å². The highest BCUT2D eigenvalue weighted by molar-refractivity contribution is 5.75. The van der Waals surface area contributed by atoms with Crippen LogP contribution in [0.1, 0.15) is 26.2 Å². The number of nitrogens with one attached hydrogen (secondary N) is 1. The van der Waals surface area contributed by atoms with E-state index in [0.717, 1.165) is 19.4 Å². The van der Waals surface area contributed by atoms with Crippen LogP contribution in [-0.4, -0.2) is 18.5 Å². The molecule has 3 N–H and O–H groups in total. The Bertz CT molecular complexity index is 141. The first-order chi connectivity index (χ1) is 5.22. The van der Waals surface area contributed by atoms with E-state index >= 15 is 0 Å². The third kappa shape index (κ3) is 2.50. The number of amides is 1. The maximum absolute atomic E-state index is 10.8. The fourth-order valence-electron chi connectivity index (χ4n) is 1.34. The molecule has 64 valence electrons. The molecule has 3 heteroatoms. The fraction of sp³-hybridized carbons (Fsp3) is 0.875. The monoisotopic (exact) mass is 156 g/mol. The van der Waals surface area contributed by atoms with Gasteiger partial charge in [0.15, 0.2) is 0 Å². The van der Waals surface area contributed by atoms with Gasteiger partial charge in [0, 0.05) is 19.0 Å². The summed E-state index contributed by atoms with van der Waals surface area (Å²) in [6.07, 6.45) is 2.73. The second kappa shape index (κ2) is 3.72. The molecule has 0 spiro atoms. The molecule has 0 heterocycles. The largest absolute Gasteiger partial charge is 0.356 e. The van der Waals surface area contributed by atoms with Crippen LogP contribution in [0.3, 0.4) is 0 Å². The zero-order valence-corrected chi connectivity index (χ0v) is 6.97. The van der Waals surface area contributed by atoms with E-state index < -0.39 is 0 Å². The predicted octanol–water partition coefficient (Wildman–Crippen LogP) is 0.250. The molecule has 1 aliphatic rings. The molecule has 1 aliphatic carbocycles. The molecule has 0 atom stereocenters. The van der Waals surface area contributed by atoms with E-state index in [-0.39, 0.29) is 5.91 Å². The number of hydrogen-bond acceptors (Lipinski definition) is 2. The third-order valence-corrected chi connectivity index (χ3v) is 2.18. The van der Waals surface area contributed by atoms with Crippen molar-refractivity contribution in [1.29, 1.82) is 0 Å². The summed E-state index contributed by atoms with van der Waals surface area (Å²) in [6, 6.07) is 0.388. The smallest absolute Gasteiger partial charge is 0.219 e. The van der Waals surface area contributed by atoms with Crippen molar-refractivity contribution in [2.24, 2.45) is 11.7 Å². The first-order valence-electron chi connectivity index (χ1n) is 4.24. The highest BCUT2D eigenvalue weighted by atomic mass is 16.1. The van der Waals surface area contributed by atoms with Gasteiger partial charge in [-0.25, -0.2) is 0 Å². The molecule has 0 unspecified atom stereocenters. The van der Waals surface area contributed by atoms with Gasteiger partial charge in [0.05, 0.1) is 0 Å². The molecule has 1 saturated carbocycles. The van der Waals surface area contributed by atoms with E-state index in [1.165, 1.54) is 0 Å². The van der Waals surface area contributed by atoms with Gasteiger partial charge in [0.2, 0.25) is 5.91 Å². The molecule has 1 amide bonds. The van der Waals surface area contributed by atoms with Crippen molar-refractivity contribution in [3.05, 3.63) is 0 Å². The van der Waals surface area contributed by atoms with E-state index in [1.54, 1.807) is 0 Å². The van der Waals surface area contributed by atoms with E-state index in [2.05, 4.69) is 5.32 Å². The Hall–Kier alpha value is -0.570. The van der Waals surface area contributed by atoms with Gasteiger partial charge in [0.1, 0.15) is 0 Å². The number of nitrogens with two attached hydrogens (primary N) is 1. The van der Waals surface area contributed by atoms with Gasteiger partial charge in [-0.1, -0.05) is 6.92 Å². The van der Waals surface area contributed by atoms with Gasteiger partial charge in [0.25, 0.3) is 0 Å². The molecule has 0 aromatic heterocycles. The lowest BCUT2D eigenvalue weighted by Gasteiger charge is -2.32. The zero-order chi connectivity index (χ0) is 8.27. The Morgan fingerprint density at radius 1 is 1.64 bits per heavy atom. The summed E-state index contributed by atoms with van der Waals surface area (Å²) in [5.74, 6) is 0.783. The molecule has 3 nitrogen and oxygen atoms in total. The van der Waals surface area contributed by atoms with E-state index in [4.69, 9.17) is 5.73 Å². The quantitative estimate of drug-likeness (QED) is 0.615. The maximum Gasteiger partial charge on any atom is 0.219 e. The average molecular weight is 156 g/mol. The normalized spacial score (nSPS) is 29.3. The SMILES string of the molecule is CCC(=O)NCC1CC(N)C1. The highest BCUT2D eigenvalue weighted by Crippen LogP contribution is 2.24. The van der Waals surface area contributed by atoms with Crippen LogP contribution >= 0.6 is 0 Å². The molecule has 0 aromatic carbocycles. The molecular formula is C8H16N2O. The average Bonchev–Trinajstić information content (AvgIpc) is 1.95. The standard InChI is InChI=1S/C8H16N2O/c1-2-8(11)10-5-6-3-7(9)4-6/h6-7H,2-5,9H2,1H3,(H,10,11). The molecule has 11 heavy (non-hydrogen) atoms.